The maximum Gasteiger partial charge on any atom is 0.261 e. The molecule has 2 N–H and O–H groups in total. The number of hydrogen-bond acceptors (Lipinski definition) is 3. The van der Waals surface area contributed by atoms with Crippen molar-refractivity contribution >= 4 is 18.7 Å². The Morgan fingerprint density at radius 2 is 1.34 bits per heavy atom. The van der Waals surface area contributed by atoms with Crippen LogP contribution in [0.5, 0.6) is 0 Å². The van der Waals surface area contributed by atoms with Crippen molar-refractivity contribution in [1.82, 2.24) is 0 Å². The molecule has 174 valence electrons. The van der Waals surface area contributed by atoms with E-state index >= 15 is 0 Å². The van der Waals surface area contributed by atoms with Crippen LogP contribution in [0.25, 0.3) is 0 Å². The molecule has 32 heavy (non-hydrogen) atoms. The molecule has 0 saturated heterocycles. The lowest BCUT2D eigenvalue weighted by molar-refractivity contribution is 0.0440. The fourth-order valence-electron chi connectivity index (χ4n) is 4.17. The van der Waals surface area contributed by atoms with Gasteiger partial charge >= 0.3 is 0 Å². The lowest BCUT2D eigenvalue weighted by atomic mass is 9.93. The summed E-state index contributed by atoms with van der Waals surface area (Å²) in [5, 5.41) is 23.1. The first kappa shape index (κ1) is 26.3. The molecule has 2 rings (SSSR count). The van der Waals surface area contributed by atoms with Crippen LogP contribution in [-0.4, -0.2) is 37.3 Å². The SMILES string of the molecule is C=C[C@H](C)[C@H](O)C[C@@H](O)[C@H](C)/C=C/CO[Si](c1ccccc1)(c1ccccc1)C(C)(C)C. The summed E-state index contributed by atoms with van der Waals surface area (Å²) in [6.07, 6.45) is 4.84. The van der Waals surface area contributed by atoms with Crippen LogP contribution in [-0.2, 0) is 4.43 Å². The molecule has 0 aliphatic rings. The summed E-state index contributed by atoms with van der Waals surface area (Å²) >= 11 is 0. The number of rotatable bonds is 11. The molecule has 0 heterocycles. The van der Waals surface area contributed by atoms with E-state index < -0.39 is 20.5 Å². The summed E-state index contributed by atoms with van der Waals surface area (Å²) < 4.78 is 6.84. The number of aliphatic hydroxyl groups is 2. The normalized spacial score (nSPS) is 16.5. The molecule has 0 aromatic heterocycles. The molecule has 0 aliphatic carbocycles. The second-order valence-corrected chi connectivity index (χ2v) is 14.0. The zero-order chi connectivity index (χ0) is 23.8. The minimum absolute atomic E-state index is 0.0423. The third-order valence-corrected chi connectivity index (χ3v) is 11.3. The summed E-state index contributed by atoms with van der Waals surface area (Å²) in [7, 11) is -2.56. The topological polar surface area (TPSA) is 49.7 Å². The third kappa shape index (κ3) is 6.29. The predicted octanol–water partition coefficient (Wildman–Crippen LogP) is 4.69. The van der Waals surface area contributed by atoms with Gasteiger partial charge in [-0.2, -0.15) is 0 Å². The van der Waals surface area contributed by atoms with E-state index in [1.807, 2.05) is 38.1 Å². The van der Waals surface area contributed by atoms with Crippen molar-refractivity contribution in [2.45, 2.75) is 58.3 Å². The lowest BCUT2D eigenvalue weighted by Crippen LogP contribution is -2.66. The Balaban J connectivity index is 2.22. The van der Waals surface area contributed by atoms with E-state index in [-0.39, 0.29) is 16.9 Å². The van der Waals surface area contributed by atoms with Gasteiger partial charge < -0.3 is 14.6 Å². The van der Waals surface area contributed by atoms with E-state index in [4.69, 9.17) is 4.43 Å². The highest BCUT2D eigenvalue weighted by molar-refractivity contribution is 6.99. The van der Waals surface area contributed by atoms with Crippen molar-refractivity contribution < 1.29 is 14.6 Å². The lowest BCUT2D eigenvalue weighted by Gasteiger charge is -2.42. The van der Waals surface area contributed by atoms with Gasteiger partial charge in [-0.1, -0.05) is 114 Å². The zero-order valence-corrected chi connectivity index (χ0v) is 21.2. The van der Waals surface area contributed by atoms with Crippen molar-refractivity contribution in [2.75, 3.05) is 6.61 Å². The molecule has 2 aromatic rings. The van der Waals surface area contributed by atoms with E-state index in [2.05, 4.69) is 75.9 Å². The van der Waals surface area contributed by atoms with E-state index in [0.29, 0.717) is 13.0 Å². The fourth-order valence-corrected chi connectivity index (χ4v) is 8.67. The van der Waals surface area contributed by atoms with Crippen LogP contribution < -0.4 is 10.4 Å². The smallest absolute Gasteiger partial charge is 0.261 e. The number of benzene rings is 2. The van der Waals surface area contributed by atoms with Gasteiger partial charge in [0, 0.05) is 12.3 Å². The van der Waals surface area contributed by atoms with Gasteiger partial charge in [-0.3, -0.25) is 0 Å². The van der Waals surface area contributed by atoms with Crippen LogP contribution in [0, 0.1) is 11.8 Å². The van der Waals surface area contributed by atoms with Gasteiger partial charge in [0.1, 0.15) is 0 Å². The minimum Gasteiger partial charge on any atom is -0.404 e. The summed E-state index contributed by atoms with van der Waals surface area (Å²) in [5.41, 5.74) is 0. The summed E-state index contributed by atoms with van der Waals surface area (Å²) in [6.45, 7) is 14.8. The van der Waals surface area contributed by atoms with Gasteiger partial charge in [-0.05, 0) is 21.3 Å². The Bertz CT molecular complexity index is 802. The molecule has 0 aliphatic heterocycles. The molecule has 4 atom stereocenters. The standard InChI is InChI=1S/C28H40O3Si/c1-7-22(2)26(29)21-27(30)23(3)15-14-20-31-32(28(4,5)6,24-16-10-8-11-17-24)25-18-12-9-13-19-25/h7-19,22-23,26-27,29-30H,1,20-21H2,2-6H3/b15-14+/t22-,23+,26+,27+/m0/s1. The quantitative estimate of drug-likeness (QED) is 0.384. The second kappa shape index (κ2) is 11.8. The van der Waals surface area contributed by atoms with E-state index in [1.165, 1.54) is 10.4 Å². The minimum atomic E-state index is -2.56. The average Bonchev–Trinajstić information content (AvgIpc) is 2.78. The highest BCUT2D eigenvalue weighted by Crippen LogP contribution is 2.36. The largest absolute Gasteiger partial charge is 0.404 e. The van der Waals surface area contributed by atoms with Crippen molar-refractivity contribution in [2.24, 2.45) is 11.8 Å². The Kier molecular flexibility index (Phi) is 9.65. The van der Waals surface area contributed by atoms with Gasteiger partial charge in [0.05, 0.1) is 18.8 Å². The Hall–Kier alpha value is -1.98. The molecule has 0 bridgehead atoms. The zero-order valence-electron chi connectivity index (χ0n) is 20.2. The summed E-state index contributed by atoms with van der Waals surface area (Å²) in [6, 6.07) is 21.1. The van der Waals surface area contributed by atoms with E-state index in [1.54, 1.807) is 6.08 Å². The van der Waals surface area contributed by atoms with Crippen LogP contribution >= 0.6 is 0 Å². The first-order chi connectivity index (χ1) is 15.1. The molecule has 0 fully saturated rings. The highest BCUT2D eigenvalue weighted by Gasteiger charge is 2.49. The molecule has 0 amide bonds. The molecule has 0 saturated carbocycles. The first-order valence-corrected chi connectivity index (χ1v) is 13.4. The van der Waals surface area contributed by atoms with Crippen LogP contribution in [0.1, 0.15) is 41.0 Å². The van der Waals surface area contributed by atoms with Gasteiger partial charge in [-0.25, -0.2) is 0 Å². The number of aliphatic hydroxyl groups excluding tert-OH is 2. The molecular weight excluding hydrogens is 412 g/mol. The van der Waals surface area contributed by atoms with E-state index in [0.717, 1.165) is 0 Å². The second-order valence-electron chi connectivity index (χ2n) is 9.73. The first-order valence-electron chi connectivity index (χ1n) is 11.5. The van der Waals surface area contributed by atoms with Crippen LogP contribution in [0.3, 0.4) is 0 Å². The van der Waals surface area contributed by atoms with Gasteiger partial charge in [0.2, 0.25) is 0 Å². The highest BCUT2D eigenvalue weighted by atomic mass is 28.4. The van der Waals surface area contributed by atoms with Crippen LogP contribution in [0.4, 0.5) is 0 Å². The van der Waals surface area contributed by atoms with Gasteiger partial charge in [-0.15, -0.1) is 6.58 Å². The summed E-state index contributed by atoms with van der Waals surface area (Å²) in [5.74, 6) is -0.122. The van der Waals surface area contributed by atoms with Crippen LogP contribution in [0.15, 0.2) is 85.5 Å². The Morgan fingerprint density at radius 1 is 0.875 bits per heavy atom. The summed E-state index contributed by atoms with van der Waals surface area (Å²) in [4.78, 5) is 0. The maximum atomic E-state index is 10.5. The third-order valence-electron chi connectivity index (χ3n) is 6.32. The molecule has 3 nitrogen and oxygen atoms in total. The van der Waals surface area contributed by atoms with Crippen molar-refractivity contribution in [3.63, 3.8) is 0 Å². The molecule has 0 unspecified atom stereocenters. The van der Waals surface area contributed by atoms with Crippen LogP contribution in [0.2, 0.25) is 5.04 Å². The van der Waals surface area contributed by atoms with Crippen molar-refractivity contribution in [3.05, 3.63) is 85.5 Å². The fraction of sp³-hybridized carbons (Fsp3) is 0.429. The maximum absolute atomic E-state index is 10.5. The van der Waals surface area contributed by atoms with E-state index in [9.17, 15) is 10.2 Å². The number of hydrogen-bond donors (Lipinski definition) is 2. The predicted molar refractivity (Wildman–Crippen MR) is 138 cm³/mol. The van der Waals surface area contributed by atoms with Crippen molar-refractivity contribution in [1.29, 1.82) is 0 Å². The molecule has 4 heteroatoms. The molecule has 0 radical (unpaired) electrons. The Morgan fingerprint density at radius 3 is 1.78 bits per heavy atom. The van der Waals surface area contributed by atoms with Crippen molar-refractivity contribution in [3.8, 4) is 0 Å². The molecule has 2 aromatic carbocycles. The average molecular weight is 453 g/mol. The Labute approximate surface area is 195 Å². The monoisotopic (exact) mass is 452 g/mol. The molecule has 0 spiro atoms. The van der Waals surface area contributed by atoms with Gasteiger partial charge in [0.15, 0.2) is 0 Å². The molecular formula is C28H40O3Si. The van der Waals surface area contributed by atoms with Gasteiger partial charge in [0.25, 0.3) is 8.32 Å².